The van der Waals surface area contributed by atoms with Crippen LogP contribution in [0.25, 0.3) is 0 Å². The van der Waals surface area contributed by atoms with E-state index >= 15 is 0 Å². The Bertz CT molecular complexity index is 825. The summed E-state index contributed by atoms with van der Waals surface area (Å²) >= 11 is 0. The van der Waals surface area contributed by atoms with Gasteiger partial charge in [-0.2, -0.15) is 0 Å². The van der Waals surface area contributed by atoms with E-state index in [-0.39, 0.29) is 42.9 Å². The molecule has 2 heterocycles. The highest BCUT2D eigenvalue weighted by atomic mass is 16.5. The van der Waals surface area contributed by atoms with Crippen LogP contribution < -0.4 is 15.0 Å². The van der Waals surface area contributed by atoms with Crippen molar-refractivity contribution in [3.8, 4) is 5.75 Å². The lowest BCUT2D eigenvalue weighted by molar-refractivity contribution is -0.394. The van der Waals surface area contributed by atoms with E-state index < -0.39 is 6.04 Å². The number of hydrogen-bond acceptors (Lipinski definition) is 5. The topological polar surface area (TPSA) is 113 Å². The maximum absolute atomic E-state index is 12.8. The molecule has 1 aliphatic carbocycles. The highest BCUT2D eigenvalue weighted by Gasteiger charge is 2.41. The number of nitrogens with one attached hydrogen (secondary N) is 2. The molecule has 1 aromatic carbocycles. The van der Waals surface area contributed by atoms with Gasteiger partial charge in [-0.25, -0.2) is 4.79 Å². The van der Waals surface area contributed by atoms with E-state index in [2.05, 4.69) is 10.3 Å². The first-order chi connectivity index (χ1) is 14.1. The van der Waals surface area contributed by atoms with Crippen molar-refractivity contribution in [1.29, 1.82) is 0 Å². The average Bonchev–Trinajstić information content (AvgIpc) is 3.03. The number of aliphatic hydroxyl groups is 2. The summed E-state index contributed by atoms with van der Waals surface area (Å²) in [5, 5.41) is 22.6. The fraction of sp³-hybridized carbons (Fsp3) is 0.571. The van der Waals surface area contributed by atoms with Crippen LogP contribution in [0, 0.1) is 0 Å². The van der Waals surface area contributed by atoms with Crippen LogP contribution in [0.5, 0.6) is 5.75 Å². The summed E-state index contributed by atoms with van der Waals surface area (Å²) in [7, 11) is 0. The number of fused-ring (bicyclic) bond motifs is 1. The molecule has 8 nitrogen and oxygen atoms in total. The Morgan fingerprint density at radius 3 is 2.83 bits per heavy atom. The normalized spacial score (nSPS) is 27.0. The maximum Gasteiger partial charge on any atom is 0.388 e. The number of aliphatic hydroxyl groups excluding tert-OH is 2. The van der Waals surface area contributed by atoms with E-state index in [9.17, 15) is 14.7 Å². The van der Waals surface area contributed by atoms with Gasteiger partial charge in [-0.05, 0) is 49.4 Å². The molecule has 0 spiro atoms. The van der Waals surface area contributed by atoms with Crippen molar-refractivity contribution in [2.24, 2.45) is 0 Å². The van der Waals surface area contributed by atoms with Crippen LogP contribution in [0.1, 0.15) is 54.4 Å². The molecule has 3 atom stereocenters. The van der Waals surface area contributed by atoms with Crippen LogP contribution in [0.2, 0.25) is 0 Å². The van der Waals surface area contributed by atoms with Crippen LogP contribution in [0.15, 0.2) is 18.2 Å². The predicted octanol–water partition coefficient (Wildman–Crippen LogP) is -0.360. The predicted molar refractivity (Wildman–Crippen MR) is 105 cm³/mol. The van der Waals surface area contributed by atoms with Crippen molar-refractivity contribution in [1.82, 2.24) is 10.2 Å². The van der Waals surface area contributed by atoms with Gasteiger partial charge in [0.05, 0.1) is 13.0 Å². The Morgan fingerprint density at radius 1 is 1.21 bits per heavy atom. The van der Waals surface area contributed by atoms with Gasteiger partial charge < -0.3 is 25.2 Å². The molecule has 8 heteroatoms. The minimum absolute atomic E-state index is 0.0347. The first-order valence-electron chi connectivity index (χ1n) is 10.4. The molecule has 2 amide bonds. The minimum Gasteiger partial charge on any atom is -0.489 e. The van der Waals surface area contributed by atoms with Gasteiger partial charge in [0.25, 0.3) is 5.91 Å². The number of benzene rings is 1. The zero-order valence-electron chi connectivity index (χ0n) is 16.4. The molecule has 156 valence electrons. The second kappa shape index (κ2) is 8.51. The van der Waals surface area contributed by atoms with Crippen LogP contribution in [-0.4, -0.2) is 64.2 Å². The highest BCUT2D eigenvalue weighted by Crippen LogP contribution is 2.31. The van der Waals surface area contributed by atoms with E-state index in [0.29, 0.717) is 25.1 Å². The van der Waals surface area contributed by atoms with Crippen molar-refractivity contribution in [3.05, 3.63) is 29.3 Å². The fourth-order valence-electron chi connectivity index (χ4n) is 4.54. The summed E-state index contributed by atoms with van der Waals surface area (Å²) in [6.45, 7) is 1.04. The molecule has 0 bridgehead atoms. The fourth-order valence-corrected chi connectivity index (χ4v) is 4.54. The van der Waals surface area contributed by atoms with Gasteiger partial charge in [0.1, 0.15) is 11.9 Å². The largest absolute Gasteiger partial charge is 0.489 e. The van der Waals surface area contributed by atoms with Gasteiger partial charge in [-0.15, -0.1) is 4.99 Å². The Kier molecular flexibility index (Phi) is 5.82. The summed E-state index contributed by atoms with van der Waals surface area (Å²) in [6, 6.07) is 5.22. The number of ether oxygens (including phenoxy) is 1. The minimum atomic E-state index is -0.498. The Labute approximate surface area is 169 Å². The molecule has 4 rings (SSSR count). The second-order valence-corrected chi connectivity index (χ2v) is 7.96. The second-order valence-electron chi connectivity index (χ2n) is 7.96. The highest BCUT2D eigenvalue weighted by molar-refractivity contribution is 6.01. The standard InChI is InChI=1S/C21H27N3O5/c25-10-9-22-16-3-1-2-4-18(16)29-14-5-6-15-13(11-14)12-24(21(15)28)17-7-8-19(26)23-20(17)27/h5-6,11,16-18,22,25H,1-4,7-10,12H2,(H,23,26,27)/p+1/t16-,17?,18-/m1/s1. The van der Waals surface area contributed by atoms with Crippen molar-refractivity contribution in [2.75, 3.05) is 13.2 Å². The summed E-state index contributed by atoms with van der Waals surface area (Å²) in [5.74, 6) is 0.208. The molecule has 0 saturated heterocycles. The van der Waals surface area contributed by atoms with Crippen LogP contribution in [0.3, 0.4) is 0 Å². The molecule has 1 fully saturated rings. The number of hydrogen-bond donors (Lipinski definition) is 4. The summed E-state index contributed by atoms with van der Waals surface area (Å²) < 4.78 is 6.26. The lowest BCUT2D eigenvalue weighted by Gasteiger charge is -2.32. The van der Waals surface area contributed by atoms with Crippen molar-refractivity contribution in [2.45, 2.75) is 63.3 Å². The number of nitrogens with zero attached hydrogens (tertiary/aromatic N) is 1. The van der Waals surface area contributed by atoms with E-state index in [4.69, 9.17) is 9.84 Å². The molecule has 2 aliphatic heterocycles. The van der Waals surface area contributed by atoms with Gasteiger partial charge in [-0.3, -0.25) is 4.79 Å². The monoisotopic (exact) mass is 402 g/mol. The molecule has 0 radical (unpaired) electrons. The summed E-state index contributed by atoms with van der Waals surface area (Å²) in [4.78, 5) is 28.3. The molecule has 1 aromatic rings. The van der Waals surface area contributed by atoms with Crippen LogP contribution in [0.4, 0.5) is 0 Å². The molecule has 29 heavy (non-hydrogen) atoms. The number of rotatable bonds is 6. The molecular weight excluding hydrogens is 374 g/mol. The molecule has 1 saturated carbocycles. The van der Waals surface area contributed by atoms with Gasteiger partial charge in [-0.1, -0.05) is 6.42 Å². The first kappa shape index (κ1) is 19.8. The van der Waals surface area contributed by atoms with E-state index in [1.54, 1.807) is 11.0 Å². The third-order valence-electron chi connectivity index (χ3n) is 6.02. The summed E-state index contributed by atoms with van der Waals surface area (Å²) in [6.07, 6.45) is 4.97. The SMILES string of the molecule is O=C1CCC(N2Cc3cc(O[C@@H]4CCCC[C@H]4NCCO)ccc3C2=O)C(O)=[NH+]1. The van der Waals surface area contributed by atoms with Crippen LogP contribution >= 0.6 is 0 Å². The Hall–Kier alpha value is -2.45. The molecular formula is C21H28N3O5+. The van der Waals surface area contributed by atoms with Gasteiger partial charge in [0.2, 0.25) is 0 Å². The van der Waals surface area contributed by atoms with Crippen molar-refractivity contribution >= 4 is 17.7 Å². The molecule has 0 aromatic heterocycles. The number of carbonyl (C=O) groups excluding carboxylic acids is 2. The van der Waals surface area contributed by atoms with Gasteiger partial charge in [0, 0.05) is 24.7 Å². The van der Waals surface area contributed by atoms with Crippen molar-refractivity contribution in [3.63, 3.8) is 0 Å². The third-order valence-corrected chi connectivity index (χ3v) is 6.02. The molecule has 4 N–H and O–H groups in total. The first-order valence-corrected chi connectivity index (χ1v) is 10.4. The molecule has 3 aliphatic rings. The number of amides is 2. The lowest BCUT2D eigenvalue weighted by Crippen LogP contribution is -2.82. The maximum atomic E-state index is 12.8. The summed E-state index contributed by atoms with van der Waals surface area (Å²) in [5.41, 5.74) is 1.48. The smallest absolute Gasteiger partial charge is 0.388 e. The van der Waals surface area contributed by atoms with Crippen molar-refractivity contribution < 1.29 is 29.5 Å². The van der Waals surface area contributed by atoms with Crippen LogP contribution in [-0.2, 0) is 11.3 Å². The lowest BCUT2D eigenvalue weighted by atomic mass is 9.92. The zero-order chi connectivity index (χ0) is 20.4. The van der Waals surface area contributed by atoms with E-state index in [1.165, 1.54) is 0 Å². The van der Waals surface area contributed by atoms with Gasteiger partial charge >= 0.3 is 11.8 Å². The van der Waals surface area contributed by atoms with E-state index in [0.717, 1.165) is 37.0 Å². The Balaban J connectivity index is 1.47. The number of carbonyl (C=O) groups is 2. The third kappa shape index (κ3) is 4.13. The van der Waals surface area contributed by atoms with E-state index in [1.807, 2.05) is 12.1 Å². The quantitative estimate of drug-likeness (QED) is 0.517. The molecule has 1 unspecified atom stereocenters. The Morgan fingerprint density at radius 2 is 2.03 bits per heavy atom. The zero-order valence-corrected chi connectivity index (χ0v) is 16.4. The average molecular weight is 402 g/mol. The van der Waals surface area contributed by atoms with Gasteiger partial charge in [0.15, 0.2) is 6.04 Å².